The number of para-hydroxylation sites is 1. The maximum absolute atomic E-state index is 4.65. The van der Waals surface area contributed by atoms with Gasteiger partial charge in [0.2, 0.25) is 0 Å². The summed E-state index contributed by atoms with van der Waals surface area (Å²) < 4.78 is 0. The summed E-state index contributed by atoms with van der Waals surface area (Å²) in [4.78, 5) is 7.25. The molecule has 1 N–H and O–H groups in total. The lowest BCUT2D eigenvalue weighted by Crippen LogP contribution is -2.38. The highest BCUT2D eigenvalue weighted by Gasteiger charge is 2.20. The van der Waals surface area contributed by atoms with Gasteiger partial charge in [0.25, 0.3) is 0 Å². The molecule has 1 aromatic carbocycles. The highest BCUT2D eigenvalue weighted by atomic mass is 35.5. The molecule has 0 saturated carbocycles. The smallest absolute Gasteiger partial charge is 0.0708 e. The molecule has 1 fully saturated rings. The maximum Gasteiger partial charge on any atom is 0.0708 e. The highest BCUT2D eigenvalue weighted by Crippen LogP contribution is 2.23. The summed E-state index contributed by atoms with van der Waals surface area (Å²) in [6.45, 7) is 6.69. The van der Waals surface area contributed by atoms with Gasteiger partial charge >= 0.3 is 0 Å². The van der Waals surface area contributed by atoms with Crippen LogP contribution in [0, 0.1) is 12.8 Å². The molecule has 5 heteroatoms. The van der Waals surface area contributed by atoms with Gasteiger partial charge in [0.05, 0.1) is 5.52 Å². The molecular weight excluding hydrogens is 329 g/mol. The topological polar surface area (TPSA) is 28.2 Å². The average molecular weight is 356 g/mol. The molecule has 1 saturated heterocycles. The second-order valence-corrected chi connectivity index (χ2v) is 6.24. The van der Waals surface area contributed by atoms with E-state index in [1.165, 1.54) is 36.9 Å². The number of hydrogen-bond donors (Lipinski definition) is 1. The fraction of sp³-hybridized carbons (Fsp3) is 0.500. The van der Waals surface area contributed by atoms with Crippen LogP contribution in [0.2, 0.25) is 0 Å². The van der Waals surface area contributed by atoms with Crippen LogP contribution in [-0.2, 0) is 6.54 Å². The largest absolute Gasteiger partial charge is 0.319 e. The third-order valence-electron chi connectivity index (χ3n) is 4.42. The van der Waals surface area contributed by atoms with E-state index in [4.69, 9.17) is 0 Å². The summed E-state index contributed by atoms with van der Waals surface area (Å²) in [6, 6.07) is 10.8. The first-order valence-electron chi connectivity index (χ1n) is 7.98. The van der Waals surface area contributed by atoms with Gasteiger partial charge in [-0.3, -0.25) is 9.88 Å². The fourth-order valence-electron chi connectivity index (χ4n) is 3.52. The van der Waals surface area contributed by atoms with Crippen molar-refractivity contribution in [1.29, 1.82) is 0 Å². The highest BCUT2D eigenvalue weighted by molar-refractivity contribution is 5.85. The van der Waals surface area contributed by atoms with E-state index in [1.54, 1.807) is 0 Å². The van der Waals surface area contributed by atoms with Gasteiger partial charge in [0.1, 0.15) is 0 Å². The van der Waals surface area contributed by atoms with Crippen LogP contribution in [0.15, 0.2) is 30.3 Å². The zero-order chi connectivity index (χ0) is 14.7. The first-order chi connectivity index (χ1) is 10.3. The number of nitrogens with zero attached hydrogens (tertiary/aromatic N) is 2. The third kappa shape index (κ3) is 5.05. The normalized spacial score (nSPS) is 18.3. The van der Waals surface area contributed by atoms with E-state index in [0.717, 1.165) is 30.2 Å². The number of fused-ring (bicyclic) bond motifs is 1. The van der Waals surface area contributed by atoms with Gasteiger partial charge in [-0.25, -0.2) is 0 Å². The first kappa shape index (κ1) is 20.2. The molecule has 128 valence electrons. The number of rotatable bonds is 4. The minimum absolute atomic E-state index is 0. The van der Waals surface area contributed by atoms with Crippen LogP contribution in [-0.4, -0.2) is 36.6 Å². The Balaban J connectivity index is 0.00000132. The van der Waals surface area contributed by atoms with E-state index < -0.39 is 0 Å². The minimum Gasteiger partial charge on any atom is -0.319 e. The predicted molar refractivity (Wildman–Crippen MR) is 103 cm³/mol. The molecule has 1 aliphatic heterocycles. The molecule has 2 aromatic rings. The van der Waals surface area contributed by atoms with Crippen LogP contribution in [0.25, 0.3) is 10.9 Å². The zero-order valence-corrected chi connectivity index (χ0v) is 15.6. The second kappa shape index (κ2) is 9.43. The Bertz CT molecular complexity index is 616. The second-order valence-electron chi connectivity index (χ2n) is 6.24. The molecule has 0 aliphatic carbocycles. The number of aryl methyl sites for hydroxylation is 1. The summed E-state index contributed by atoms with van der Waals surface area (Å²) in [5, 5.41) is 4.63. The number of pyridine rings is 1. The molecule has 3 nitrogen and oxygen atoms in total. The molecule has 0 bridgehead atoms. The van der Waals surface area contributed by atoms with Gasteiger partial charge in [-0.05, 0) is 63.5 Å². The number of likely N-dealkylation sites (tertiary alicyclic amines) is 1. The van der Waals surface area contributed by atoms with Crippen LogP contribution in [0.3, 0.4) is 0 Å². The van der Waals surface area contributed by atoms with Crippen molar-refractivity contribution in [2.45, 2.75) is 26.3 Å². The van der Waals surface area contributed by atoms with Crippen LogP contribution >= 0.6 is 24.8 Å². The Morgan fingerprint density at radius 2 is 2.04 bits per heavy atom. The Morgan fingerprint density at radius 3 is 2.83 bits per heavy atom. The van der Waals surface area contributed by atoms with Gasteiger partial charge in [-0.15, -0.1) is 24.8 Å². The van der Waals surface area contributed by atoms with Crippen molar-refractivity contribution in [3.8, 4) is 0 Å². The lowest BCUT2D eigenvalue weighted by molar-refractivity contribution is 0.167. The molecule has 0 radical (unpaired) electrons. The Labute approximate surface area is 151 Å². The van der Waals surface area contributed by atoms with Crippen molar-refractivity contribution in [3.05, 3.63) is 41.6 Å². The van der Waals surface area contributed by atoms with E-state index in [1.807, 2.05) is 0 Å². The fourth-order valence-corrected chi connectivity index (χ4v) is 3.52. The average Bonchev–Trinajstić information content (AvgIpc) is 2.48. The molecular formula is C18H27Cl2N3. The van der Waals surface area contributed by atoms with Crippen LogP contribution in [0.5, 0.6) is 0 Å². The van der Waals surface area contributed by atoms with Crippen LogP contribution in [0.4, 0.5) is 0 Å². The number of hydrogen-bond acceptors (Lipinski definition) is 3. The number of halogens is 2. The van der Waals surface area contributed by atoms with Gasteiger partial charge in [-0.1, -0.05) is 18.2 Å². The molecule has 1 unspecified atom stereocenters. The summed E-state index contributed by atoms with van der Waals surface area (Å²) in [6.07, 6.45) is 2.67. The maximum atomic E-state index is 4.65. The number of piperidine rings is 1. The molecule has 1 atom stereocenters. The van der Waals surface area contributed by atoms with Crippen molar-refractivity contribution in [1.82, 2.24) is 15.2 Å². The molecule has 1 aromatic heterocycles. The quantitative estimate of drug-likeness (QED) is 0.903. The Kier molecular flexibility index (Phi) is 8.27. The van der Waals surface area contributed by atoms with Crippen LogP contribution < -0.4 is 5.32 Å². The molecule has 3 rings (SSSR count). The third-order valence-corrected chi connectivity index (χ3v) is 4.42. The van der Waals surface area contributed by atoms with E-state index in [0.29, 0.717) is 0 Å². The summed E-state index contributed by atoms with van der Waals surface area (Å²) >= 11 is 0. The monoisotopic (exact) mass is 355 g/mol. The predicted octanol–water partition coefficient (Wildman–Crippen LogP) is 3.82. The number of nitrogens with one attached hydrogen (secondary N) is 1. The minimum atomic E-state index is 0. The molecule has 2 heterocycles. The number of benzene rings is 1. The van der Waals surface area contributed by atoms with E-state index in [2.05, 4.69) is 59.5 Å². The van der Waals surface area contributed by atoms with Crippen molar-refractivity contribution in [2.24, 2.45) is 5.92 Å². The lowest BCUT2D eigenvalue weighted by Gasteiger charge is -2.33. The number of aromatic nitrogens is 1. The summed E-state index contributed by atoms with van der Waals surface area (Å²) in [7, 11) is 2.05. The van der Waals surface area contributed by atoms with Gasteiger partial charge in [0, 0.05) is 24.2 Å². The summed E-state index contributed by atoms with van der Waals surface area (Å²) in [5.74, 6) is 0.790. The van der Waals surface area contributed by atoms with Crippen molar-refractivity contribution in [2.75, 3.05) is 26.7 Å². The Hall–Kier alpha value is -0.870. The molecule has 1 aliphatic rings. The SMILES string of the molecule is CNCC1CCCN(Cc2cc(C)nc3ccccc23)C1.Cl.Cl. The molecule has 0 amide bonds. The van der Waals surface area contributed by atoms with Crippen molar-refractivity contribution < 1.29 is 0 Å². The van der Waals surface area contributed by atoms with Crippen LogP contribution in [0.1, 0.15) is 24.1 Å². The van der Waals surface area contributed by atoms with Gasteiger partial charge in [0.15, 0.2) is 0 Å². The Morgan fingerprint density at radius 1 is 1.26 bits per heavy atom. The van der Waals surface area contributed by atoms with Crippen molar-refractivity contribution >= 4 is 35.7 Å². The van der Waals surface area contributed by atoms with Crippen molar-refractivity contribution in [3.63, 3.8) is 0 Å². The lowest BCUT2D eigenvalue weighted by atomic mass is 9.97. The zero-order valence-electron chi connectivity index (χ0n) is 13.9. The van der Waals surface area contributed by atoms with Gasteiger partial charge in [-0.2, -0.15) is 0 Å². The van der Waals surface area contributed by atoms with Gasteiger partial charge < -0.3 is 5.32 Å². The molecule has 23 heavy (non-hydrogen) atoms. The summed E-state index contributed by atoms with van der Waals surface area (Å²) in [5.41, 5.74) is 3.66. The van der Waals surface area contributed by atoms with E-state index >= 15 is 0 Å². The van der Waals surface area contributed by atoms with E-state index in [-0.39, 0.29) is 24.8 Å². The first-order valence-corrected chi connectivity index (χ1v) is 7.98. The molecule has 0 spiro atoms. The standard InChI is InChI=1S/C18H25N3.2ClH/c1-14-10-16(17-7-3-4-8-18(17)20-14)13-21-9-5-6-15(12-21)11-19-2;;/h3-4,7-8,10,15,19H,5-6,9,11-13H2,1-2H3;2*1H. The van der Waals surface area contributed by atoms with E-state index in [9.17, 15) is 0 Å².